The Hall–Kier alpha value is -1.35. The van der Waals surface area contributed by atoms with Gasteiger partial charge in [-0.15, -0.1) is 0 Å². The molecule has 0 aromatic heterocycles. The van der Waals surface area contributed by atoms with Crippen LogP contribution in [0.2, 0.25) is 0 Å². The Kier molecular flexibility index (Phi) is 5.70. The number of carbonyl (C=O) groups is 1. The van der Waals surface area contributed by atoms with Gasteiger partial charge in [0.25, 0.3) is 0 Å². The summed E-state index contributed by atoms with van der Waals surface area (Å²) < 4.78 is 0. The number of carboxylic acid groups (broad SMARTS) is 1. The quantitative estimate of drug-likeness (QED) is 0.714. The molecule has 3 heteroatoms. The summed E-state index contributed by atoms with van der Waals surface area (Å²) in [6, 6.07) is 8.65. The van der Waals surface area contributed by atoms with Gasteiger partial charge in [-0.25, -0.2) is 0 Å². The molecule has 1 unspecified atom stereocenters. The van der Waals surface area contributed by atoms with Crippen molar-refractivity contribution >= 4 is 5.97 Å². The molecule has 0 saturated carbocycles. The van der Waals surface area contributed by atoms with Gasteiger partial charge in [-0.2, -0.15) is 0 Å². The summed E-state index contributed by atoms with van der Waals surface area (Å²) in [7, 11) is 0. The molecule has 0 heterocycles. The van der Waals surface area contributed by atoms with Crippen LogP contribution in [-0.2, 0) is 4.79 Å². The number of hydrogen-bond donors (Lipinski definition) is 2. The van der Waals surface area contributed by atoms with Crippen LogP contribution in [0.15, 0.2) is 24.3 Å². The highest BCUT2D eigenvalue weighted by atomic mass is 16.4. The maximum absolute atomic E-state index is 10.3. The SMILES string of the molecule is Cc1ccccc1C(C)NCCCCC(=O)O. The van der Waals surface area contributed by atoms with E-state index in [2.05, 4.69) is 31.3 Å². The molecule has 94 valence electrons. The van der Waals surface area contributed by atoms with E-state index in [9.17, 15) is 4.79 Å². The van der Waals surface area contributed by atoms with Crippen LogP contribution in [0.3, 0.4) is 0 Å². The van der Waals surface area contributed by atoms with Crippen molar-refractivity contribution in [2.75, 3.05) is 6.54 Å². The zero-order valence-electron chi connectivity index (χ0n) is 10.6. The fourth-order valence-corrected chi connectivity index (χ4v) is 1.90. The summed E-state index contributed by atoms with van der Waals surface area (Å²) in [5, 5.41) is 11.9. The lowest BCUT2D eigenvalue weighted by Gasteiger charge is -2.16. The number of rotatable bonds is 7. The Morgan fingerprint density at radius 1 is 1.35 bits per heavy atom. The topological polar surface area (TPSA) is 49.3 Å². The Bertz CT molecular complexity index is 363. The molecule has 0 bridgehead atoms. The van der Waals surface area contributed by atoms with E-state index in [0.717, 1.165) is 19.4 Å². The smallest absolute Gasteiger partial charge is 0.303 e. The van der Waals surface area contributed by atoms with Gasteiger partial charge in [0, 0.05) is 12.5 Å². The van der Waals surface area contributed by atoms with Crippen molar-refractivity contribution in [3.63, 3.8) is 0 Å². The van der Waals surface area contributed by atoms with Crippen LogP contribution < -0.4 is 5.32 Å². The Morgan fingerprint density at radius 2 is 2.06 bits per heavy atom. The summed E-state index contributed by atoms with van der Waals surface area (Å²) in [6.45, 7) is 5.11. The fourth-order valence-electron chi connectivity index (χ4n) is 1.90. The molecule has 1 aromatic carbocycles. The molecule has 2 N–H and O–H groups in total. The van der Waals surface area contributed by atoms with Crippen molar-refractivity contribution in [3.05, 3.63) is 35.4 Å². The van der Waals surface area contributed by atoms with Gasteiger partial charge < -0.3 is 10.4 Å². The highest BCUT2D eigenvalue weighted by Crippen LogP contribution is 2.16. The molecule has 0 radical (unpaired) electrons. The van der Waals surface area contributed by atoms with Crippen molar-refractivity contribution in [1.82, 2.24) is 5.32 Å². The molecule has 0 amide bonds. The summed E-state index contributed by atoms with van der Waals surface area (Å²) in [4.78, 5) is 10.3. The van der Waals surface area contributed by atoms with Crippen LogP contribution in [0.4, 0.5) is 0 Å². The lowest BCUT2D eigenvalue weighted by Crippen LogP contribution is -2.20. The number of unbranched alkanes of at least 4 members (excludes halogenated alkanes) is 1. The highest BCUT2D eigenvalue weighted by Gasteiger charge is 2.06. The zero-order chi connectivity index (χ0) is 12.7. The molecular weight excluding hydrogens is 214 g/mol. The van der Waals surface area contributed by atoms with Gasteiger partial charge >= 0.3 is 5.97 Å². The summed E-state index contributed by atoms with van der Waals surface area (Å²) in [5.41, 5.74) is 2.60. The third kappa shape index (κ3) is 5.00. The van der Waals surface area contributed by atoms with Gasteiger partial charge in [-0.3, -0.25) is 4.79 Å². The number of hydrogen-bond acceptors (Lipinski definition) is 2. The summed E-state index contributed by atoms with van der Waals surface area (Å²) >= 11 is 0. The van der Waals surface area contributed by atoms with E-state index in [1.54, 1.807) is 0 Å². The van der Waals surface area contributed by atoms with Crippen LogP contribution in [0.5, 0.6) is 0 Å². The Morgan fingerprint density at radius 3 is 2.71 bits per heavy atom. The normalized spacial score (nSPS) is 12.4. The molecule has 0 aliphatic carbocycles. The maximum Gasteiger partial charge on any atom is 0.303 e. The molecule has 0 fully saturated rings. The van der Waals surface area contributed by atoms with Gasteiger partial charge in [0.05, 0.1) is 0 Å². The Balaban J connectivity index is 2.28. The monoisotopic (exact) mass is 235 g/mol. The van der Waals surface area contributed by atoms with Gasteiger partial charge in [0.2, 0.25) is 0 Å². The predicted octanol–water partition coefficient (Wildman–Crippen LogP) is 2.90. The molecule has 0 spiro atoms. The first-order valence-corrected chi connectivity index (χ1v) is 6.12. The van der Waals surface area contributed by atoms with Gasteiger partial charge in [0.15, 0.2) is 0 Å². The first kappa shape index (κ1) is 13.7. The number of aliphatic carboxylic acids is 1. The number of carboxylic acids is 1. The van der Waals surface area contributed by atoms with E-state index < -0.39 is 5.97 Å². The van der Waals surface area contributed by atoms with E-state index in [1.807, 2.05) is 12.1 Å². The zero-order valence-corrected chi connectivity index (χ0v) is 10.6. The maximum atomic E-state index is 10.3. The lowest BCUT2D eigenvalue weighted by atomic mass is 10.0. The highest BCUT2D eigenvalue weighted by molar-refractivity contribution is 5.66. The molecule has 0 aliphatic rings. The van der Waals surface area contributed by atoms with Crippen LogP contribution in [0.1, 0.15) is 43.4 Å². The van der Waals surface area contributed by atoms with E-state index in [4.69, 9.17) is 5.11 Å². The van der Waals surface area contributed by atoms with Crippen molar-refractivity contribution in [3.8, 4) is 0 Å². The summed E-state index contributed by atoms with van der Waals surface area (Å²) in [6.07, 6.45) is 1.91. The standard InChI is InChI=1S/C14H21NO2/c1-11-7-3-4-8-13(11)12(2)15-10-6-5-9-14(16)17/h3-4,7-8,12,15H,5-6,9-10H2,1-2H3,(H,16,17). The molecule has 1 atom stereocenters. The molecule has 0 saturated heterocycles. The second-order valence-corrected chi connectivity index (χ2v) is 4.38. The van der Waals surface area contributed by atoms with Crippen molar-refractivity contribution in [2.24, 2.45) is 0 Å². The minimum absolute atomic E-state index is 0.264. The number of nitrogens with one attached hydrogen (secondary N) is 1. The van der Waals surface area contributed by atoms with Gasteiger partial charge in [0.1, 0.15) is 0 Å². The predicted molar refractivity (Wildman–Crippen MR) is 69.1 cm³/mol. The molecule has 0 aliphatic heterocycles. The first-order chi connectivity index (χ1) is 8.11. The molecular formula is C14H21NO2. The van der Waals surface area contributed by atoms with Crippen LogP contribution in [0, 0.1) is 6.92 Å². The molecule has 17 heavy (non-hydrogen) atoms. The average molecular weight is 235 g/mol. The van der Waals surface area contributed by atoms with Crippen LogP contribution >= 0.6 is 0 Å². The third-order valence-corrected chi connectivity index (χ3v) is 2.92. The van der Waals surface area contributed by atoms with Gasteiger partial charge in [-0.05, 0) is 44.4 Å². The van der Waals surface area contributed by atoms with E-state index >= 15 is 0 Å². The fraction of sp³-hybridized carbons (Fsp3) is 0.500. The molecule has 1 rings (SSSR count). The minimum atomic E-state index is -0.711. The van der Waals surface area contributed by atoms with E-state index in [1.165, 1.54) is 11.1 Å². The molecule has 3 nitrogen and oxygen atoms in total. The van der Waals surface area contributed by atoms with E-state index in [0.29, 0.717) is 6.04 Å². The van der Waals surface area contributed by atoms with E-state index in [-0.39, 0.29) is 6.42 Å². The van der Waals surface area contributed by atoms with Crippen molar-refractivity contribution < 1.29 is 9.90 Å². The van der Waals surface area contributed by atoms with Gasteiger partial charge in [-0.1, -0.05) is 24.3 Å². The largest absolute Gasteiger partial charge is 0.481 e. The average Bonchev–Trinajstić information content (AvgIpc) is 2.28. The second kappa shape index (κ2) is 7.07. The second-order valence-electron chi connectivity index (χ2n) is 4.38. The molecule has 1 aromatic rings. The van der Waals surface area contributed by atoms with Crippen LogP contribution in [0.25, 0.3) is 0 Å². The summed E-state index contributed by atoms with van der Waals surface area (Å²) in [5.74, 6) is -0.711. The lowest BCUT2D eigenvalue weighted by molar-refractivity contribution is -0.137. The van der Waals surface area contributed by atoms with Crippen LogP contribution in [-0.4, -0.2) is 17.6 Å². The minimum Gasteiger partial charge on any atom is -0.481 e. The number of benzene rings is 1. The Labute approximate surface area is 103 Å². The third-order valence-electron chi connectivity index (χ3n) is 2.92. The van der Waals surface area contributed by atoms with Crippen molar-refractivity contribution in [1.29, 1.82) is 0 Å². The first-order valence-electron chi connectivity index (χ1n) is 6.12. The van der Waals surface area contributed by atoms with Crippen molar-refractivity contribution in [2.45, 2.75) is 39.2 Å². The number of aryl methyl sites for hydroxylation is 1.